The van der Waals surface area contributed by atoms with Crippen molar-refractivity contribution >= 4 is 36.8 Å². The molecule has 0 fully saturated rings. The Morgan fingerprint density at radius 1 is 1.22 bits per heavy atom. The Labute approximate surface area is 170 Å². The first-order valence-corrected chi connectivity index (χ1v) is 11.0. The van der Waals surface area contributed by atoms with Crippen molar-refractivity contribution < 1.29 is 29.0 Å². The Kier molecular flexibility index (Phi) is 12.3. The number of benzene rings is 1. The molecule has 10 heteroatoms. The fourth-order valence-corrected chi connectivity index (χ4v) is 3.20. The highest BCUT2D eigenvalue weighted by Gasteiger charge is 2.24. The van der Waals surface area contributed by atoms with Gasteiger partial charge in [0.1, 0.15) is 6.79 Å². The first-order chi connectivity index (χ1) is 13.0. The summed E-state index contributed by atoms with van der Waals surface area (Å²) in [7, 11) is 2.86. The van der Waals surface area contributed by atoms with E-state index in [1.54, 1.807) is 17.6 Å². The molecular formula is C17H25BrN2O6S. The van der Waals surface area contributed by atoms with E-state index in [0.717, 1.165) is 4.90 Å². The quantitative estimate of drug-likeness (QED) is 0.178. The van der Waals surface area contributed by atoms with Crippen LogP contribution < -0.4 is 10.8 Å². The molecule has 2 atom stereocenters. The molecule has 1 aromatic rings. The molecule has 0 saturated carbocycles. The first kappa shape index (κ1) is 23.9. The molecule has 0 saturated heterocycles. The minimum atomic E-state index is -0.645. The summed E-state index contributed by atoms with van der Waals surface area (Å²) in [5.41, 5.74) is 2.12. The molecule has 0 aromatic heterocycles. The lowest BCUT2D eigenvalue weighted by Crippen LogP contribution is -2.43. The summed E-state index contributed by atoms with van der Waals surface area (Å²) in [6.45, 7) is 2.69. The Morgan fingerprint density at radius 3 is 2.48 bits per heavy atom. The SMILES string of the molecule is CCOCOC[C@H](C[C@H](COC)C(=O)NO)NC(=O)c1ccc(SBr)cc1. The number of methoxy groups -OCH3 is 1. The molecule has 0 aliphatic rings. The molecule has 0 spiro atoms. The van der Waals surface area contributed by atoms with E-state index in [0.29, 0.717) is 12.2 Å². The van der Waals surface area contributed by atoms with E-state index in [4.69, 9.17) is 19.4 Å². The Balaban J connectivity index is 2.78. The van der Waals surface area contributed by atoms with Crippen LogP contribution in [-0.2, 0) is 19.0 Å². The van der Waals surface area contributed by atoms with Crippen LogP contribution in [0.2, 0.25) is 0 Å². The molecule has 0 heterocycles. The number of nitrogens with one attached hydrogen (secondary N) is 2. The van der Waals surface area contributed by atoms with Crippen molar-refractivity contribution in [2.75, 3.05) is 33.7 Å². The fraction of sp³-hybridized carbons (Fsp3) is 0.529. The third-order valence-electron chi connectivity index (χ3n) is 3.65. The monoisotopic (exact) mass is 464 g/mol. The second-order valence-electron chi connectivity index (χ2n) is 5.62. The van der Waals surface area contributed by atoms with Crippen molar-refractivity contribution in [2.45, 2.75) is 24.3 Å². The van der Waals surface area contributed by atoms with E-state index < -0.39 is 17.9 Å². The summed E-state index contributed by atoms with van der Waals surface area (Å²) in [6, 6.07) is 6.60. The number of hydrogen-bond donors (Lipinski definition) is 3. The van der Waals surface area contributed by atoms with Gasteiger partial charge in [0.15, 0.2) is 0 Å². The zero-order chi connectivity index (χ0) is 20.1. The van der Waals surface area contributed by atoms with Crippen molar-refractivity contribution in [1.29, 1.82) is 0 Å². The van der Waals surface area contributed by atoms with Crippen molar-refractivity contribution in [2.24, 2.45) is 5.92 Å². The van der Waals surface area contributed by atoms with Crippen LogP contribution in [0.4, 0.5) is 0 Å². The van der Waals surface area contributed by atoms with E-state index in [2.05, 4.69) is 20.1 Å². The van der Waals surface area contributed by atoms with E-state index in [1.165, 1.54) is 17.3 Å². The number of ether oxygens (including phenoxy) is 3. The standard InChI is InChI=1S/C17H25BrN2O6S/c1-3-25-11-26-10-14(8-13(9-24-2)17(22)20-23)19-16(21)12-4-6-15(27-18)7-5-12/h4-7,13-14,23H,3,8-11H2,1-2H3,(H,19,21)(H,20,22)/t13-,14+/m1/s1. The number of hydrogen-bond acceptors (Lipinski definition) is 7. The van der Waals surface area contributed by atoms with Gasteiger partial charge < -0.3 is 19.5 Å². The van der Waals surface area contributed by atoms with Gasteiger partial charge in [-0.3, -0.25) is 14.8 Å². The van der Waals surface area contributed by atoms with Gasteiger partial charge in [0.25, 0.3) is 5.91 Å². The molecule has 1 aromatic carbocycles. The molecule has 152 valence electrons. The van der Waals surface area contributed by atoms with Gasteiger partial charge in [-0.2, -0.15) is 0 Å². The van der Waals surface area contributed by atoms with Gasteiger partial charge in [-0.15, -0.1) is 0 Å². The maximum atomic E-state index is 12.5. The van der Waals surface area contributed by atoms with Crippen LogP contribution in [-0.4, -0.2) is 56.8 Å². The first-order valence-electron chi connectivity index (χ1n) is 8.33. The molecule has 0 radical (unpaired) electrons. The Bertz CT molecular complexity index is 575. The van der Waals surface area contributed by atoms with Crippen molar-refractivity contribution in [3.8, 4) is 0 Å². The molecule has 2 amide bonds. The number of halogens is 1. The van der Waals surface area contributed by atoms with E-state index in [-0.39, 0.29) is 32.3 Å². The van der Waals surface area contributed by atoms with Crippen LogP contribution in [0.5, 0.6) is 0 Å². The van der Waals surface area contributed by atoms with Gasteiger partial charge in [0.05, 0.1) is 25.2 Å². The second-order valence-corrected chi connectivity index (χ2v) is 7.21. The average Bonchev–Trinajstić information content (AvgIpc) is 2.70. The van der Waals surface area contributed by atoms with Crippen LogP contribution in [0.15, 0.2) is 29.2 Å². The zero-order valence-electron chi connectivity index (χ0n) is 15.3. The topological polar surface area (TPSA) is 106 Å². The average molecular weight is 465 g/mol. The van der Waals surface area contributed by atoms with Crippen molar-refractivity contribution in [3.63, 3.8) is 0 Å². The lowest BCUT2D eigenvalue weighted by Gasteiger charge is -2.23. The smallest absolute Gasteiger partial charge is 0.251 e. The summed E-state index contributed by atoms with van der Waals surface area (Å²) in [4.78, 5) is 25.3. The zero-order valence-corrected chi connectivity index (χ0v) is 17.7. The largest absolute Gasteiger partial charge is 0.384 e. The maximum absolute atomic E-state index is 12.5. The minimum Gasteiger partial charge on any atom is -0.384 e. The summed E-state index contributed by atoms with van der Waals surface area (Å²) in [5, 5.41) is 11.8. The molecule has 1 rings (SSSR count). The van der Waals surface area contributed by atoms with Gasteiger partial charge in [-0.25, -0.2) is 5.48 Å². The van der Waals surface area contributed by atoms with Crippen LogP contribution in [0, 0.1) is 5.92 Å². The molecular weight excluding hydrogens is 440 g/mol. The van der Waals surface area contributed by atoms with Gasteiger partial charge in [0, 0.05) is 24.2 Å². The lowest BCUT2D eigenvalue weighted by atomic mass is 10.00. The molecule has 27 heavy (non-hydrogen) atoms. The van der Waals surface area contributed by atoms with E-state index in [1.807, 2.05) is 19.1 Å². The predicted octanol–water partition coefficient (Wildman–Crippen LogP) is 2.36. The van der Waals surface area contributed by atoms with Gasteiger partial charge in [-0.05, 0) is 62.6 Å². The third-order valence-corrected chi connectivity index (χ3v) is 5.22. The highest BCUT2D eigenvalue weighted by atomic mass is 79.9. The van der Waals surface area contributed by atoms with Gasteiger partial charge in [0.2, 0.25) is 5.91 Å². The lowest BCUT2D eigenvalue weighted by molar-refractivity contribution is -0.135. The van der Waals surface area contributed by atoms with E-state index in [9.17, 15) is 9.59 Å². The van der Waals surface area contributed by atoms with E-state index >= 15 is 0 Å². The summed E-state index contributed by atoms with van der Waals surface area (Å²) < 4.78 is 15.6. The van der Waals surface area contributed by atoms with Gasteiger partial charge >= 0.3 is 0 Å². The van der Waals surface area contributed by atoms with Crippen LogP contribution in [0.1, 0.15) is 23.7 Å². The summed E-state index contributed by atoms with van der Waals surface area (Å²) in [6.07, 6.45) is 0.230. The van der Waals surface area contributed by atoms with Crippen LogP contribution in [0.3, 0.4) is 0 Å². The molecule has 0 bridgehead atoms. The normalized spacial score (nSPS) is 13.0. The van der Waals surface area contributed by atoms with Crippen molar-refractivity contribution in [3.05, 3.63) is 29.8 Å². The molecule has 0 aliphatic carbocycles. The number of rotatable bonds is 13. The predicted molar refractivity (Wildman–Crippen MR) is 105 cm³/mol. The highest BCUT2D eigenvalue weighted by molar-refractivity contribution is 9.50. The number of carbonyl (C=O) groups excluding carboxylic acids is 2. The second kappa shape index (κ2) is 13.9. The molecule has 0 aliphatic heterocycles. The number of carbonyl (C=O) groups is 2. The van der Waals surface area contributed by atoms with Crippen molar-refractivity contribution in [1.82, 2.24) is 10.8 Å². The van der Waals surface area contributed by atoms with Crippen LogP contribution in [0.25, 0.3) is 0 Å². The third kappa shape index (κ3) is 9.04. The highest BCUT2D eigenvalue weighted by Crippen LogP contribution is 2.24. The van der Waals surface area contributed by atoms with Gasteiger partial charge in [-0.1, -0.05) is 0 Å². The fourth-order valence-electron chi connectivity index (χ4n) is 2.31. The van der Waals surface area contributed by atoms with Crippen LogP contribution >= 0.6 is 25.0 Å². The Morgan fingerprint density at radius 2 is 1.93 bits per heavy atom. The maximum Gasteiger partial charge on any atom is 0.251 e. The molecule has 8 nitrogen and oxygen atoms in total. The molecule has 3 N–H and O–H groups in total. The summed E-state index contributed by atoms with van der Waals surface area (Å²) in [5.74, 6) is -1.51. The minimum absolute atomic E-state index is 0.0845. The number of amides is 2. The summed E-state index contributed by atoms with van der Waals surface area (Å²) >= 11 is 3.28. The molecule has 0 unspecified atom stereocenters. The number of hydroxylamine groups is 1. The Hall–Kier alpha value is -1.17.